The van der Waals surface area contributed by atoms with E-state index in [-0.39, 0.29) is 18.7 Å². The Hall–Kier alpha value is -2.99. The lowest BCUT2D eigenvalue weighted by Crippen LogP contribution is -2.40. The summed E-state index contributed by atoms with van der Waals surface area (Å²) in [5.74, 6) is 0.497. The molecule has 0 spiro atoms. The molecule has 142 valence electrons. The smallest absolute Gasteiger partial charge is 0.410 e. The maximum Gasteiger partial charge on any atom is 0.410 e. The highest BCUT2D eigenvalue weighted by molar-refractivity contribution is 6.30. The summed E-state index contributed by atoms with van der Waals surface area (Å²) in [4.78, 5) is 27.6. The summed E-state index contributed by atoms with van der Waals surface area (Å²) < 4.78 is 5.48. The van der Waals surface area contributed by atoms with E-state index in [0.29, 0.717) is 29.6 Å². The number of hydrogen-bond donors (Lipinski definition) is 0. The molecule has 1 unspecified atom stereocenters. The maximum absolute atomic E-state index is 12.6. The van der Waals surface area contributed by atoms with Gasteiger partial charge in [0, 0.05) is 24.7 Å². The third kappa shape index (κ3) is 3.68. The van der Waals surface area contributed by atoms with Gasteiger partial charge in [-0.15, -0.1) is 0 Å². The molecule has 1 aliphatic rings. The van der Waals surface area contributed by atoms with Crippen LogP contribution in [0.4, 0.5) is 4.79 Å². The van der Waals surface area contributed by atoms with E-state index in [1.165, 1.54) is 0 Å². The van der Waals surface area contributed by atoms with E-state index < -0.39 is 0 Å². The Kier molecular flexibility index (Phi) is 5.21. The van der Waals surface area contributed by atoms with E-state index in [2.05, 4.69) is 15.0 Å². The summed E-state index contributed by atoms with van der Waals surface area (Å²) in [7, 11) is 0. The summed E-state index contributed by atoms with van der Waals surface area (Å²) in [5, 5.41) is 0.346. The summed E-state index contributed by atoms with van der Waals surface area (Å²) in [6, 6.07) is 14.9. The van der Waals surface area contributed by atoms with Crippen LogP contribution in [0.2, 0.25) is 5.15 Å². The highest BCUT2D eigenvalue weighted by Crippen LogP contribution is 2.34. The minimum absolute atomic E-state index is 0.235. The zero-order valence-corrected chi connectivity index (χ0v) is 16.1. The van der Waals surface area contributed by atoms with Gasteiger partial charge in [0.2, 0.25) is 0 Å². The van der Waals surface area contributed by atoms with Crippen LogP contribution in [-0.4, -0.2) is 32.5 Å². The summed E-state index contributed by atoms with van der Waals surface area (Å²) in [6.45, 7) is 2.66. The van der Waals surface area contributed by atoms with Gasteiger partial charge in [-0.2, -0.15) is 0 Å². The second-order valence-corrected chi connectivity index (χ2v) is 6.93. The molecule has 6 nitrogen and oxygen atoms in total. The fourth-order valence-electron chi connectivity index (χ4n) is 3.33. The maximum atomic E-state index is 12.6. The highest BCUT2D eigenvalue weighted by atomic mass is 35.5. The first-order valence-electron chi connectivity index (χ1n) is 9.08. The number of rotatable bonds is 3. The van der Waals surface area contributed by atoms with Crippen LogP contribution in [0.25, 0.3) is 11.5 Å². The molecule has 1 aromatic carbocycles. The molecule has 3 aromatic rings. The number of pyridine rings is 1. The van der Waals surface area contributed by atoms with Crippen molar-refractivity contribution in [1.29, 1.82) is 0 Å². The number of carbonyl (C=O) groups is 1. The molecule has 1 amide bonds. The van der Waals surface area contributed by atoms with E-state index >= 15 is 0 Å². The van der Waals surface area contributed by atoms with Gasteiger partial charge in [0.1, 0.15) is 17.5 Å². The van der Waals surface area contributed by atoms with Crippen LogP contribution in [-0.2, 0) is 17.8 Å². The summed E-state index contributed by atoms with van der Waals surface area (Å²) in [6.07, 6.45) is 1.91. The van der Waals surface area contributed by atoms with Crippen molar-refractivity contribution >= 4 is 17.7 Å². The Labute approximate surface area is 168 Å². The average molecular weight is 395 g/mol. The molecule has 0 aliphatic carbocycles. The largest absolute Gasteiger partial charge is 0.445 e. The zero-order chi connectivity index (χ0) is 19.5. The fraction of sp³-hybridized carbons (Fsp3) is 0.238. The highest BCUT2D eigenvalue weighted by Gasteiger charge is 2.32. The Balaban J connectivity index is 1.53. The molecular weight excluding hydrogens is 376 g/mol. The van der Waals surface area contributed by atoms with Crippen molar-refractivity contribution < 1.29 is 9.53 Å². The van der Waals surface area contributed by atoms with Crippen LogP contribution < -0.4 is 0 Å². The molecule has 3 heterocycles. The SMILES string of the molecule is CC1c2c(Cl)nc(-c3ccccn3)nc2CCN1C(=O)OCc1ccccc1. The first-order chi connectivity index (χ1) is 13.6. The number of amides is 1. The van der Waals surface area contributed by atoms with Crippen molar-refractivity contribution in [3.05, 3.63) is 76.7 Å². The third-order valence-electron chi connectivity index (χ3n) is 4.79. The average Bonchev–Trinajstić information content (AvgIpc) is 2.73. The van der Waals surface area contributed by atoms with Gasteiger partial charge in [0.15, 0.2) is 5.82 Å². The van der Waals surface area contributed by atoms with Crippen molar-refractivity contribution in [2.45, 2.75) is 26.0 Å². The van der Waals surface area contributed by atoms with Crippen LogP contribution in [0.3, 0.4) is 0 Å². The summed E-state index contributed by atoms with van der Waals surface area (Å²) in [5.41, 5.74) is 3.23. The summed E-state index contributed by atoms with van der Waals surface area (Å²) >= 11 is 6.48. The Morgan fingerprint density at radius 1 is 1.18 bits per heavy atom. The van der Waals surface area contributed by atoms with Gasteiger partial charge >= 0.3 is 6.09 Å². The molecule has 28 heavy (non-hydrogen) atoms. The molecule has 1 atom stereocenters. The van der Waals surface area contributed by atoms with Crippen molar-refractivity contribution in [2.24, 2.45) is 0 Å². The minimum atomic E-state index is -0.369. The molecule has 0 bridgehead atoms. The molecule has 2 aromatic heterocycles. The van der Waals surface area contributed by atoms with Gasteiger partial charge in [-0.25, -0.2) is 14.8 Å². The number of nitrogens with zero attached hydrogens (tertiary/aromatic N) is 4. The molecular formula is C21H19ClN4O2. The van der Waals surface area contributed by atoms with E-state index in [1.807, 2.05) is 55.5 Å². The number of halogens is 1. The van der Waals surface area contributed by atoms with Crippen LogP contribution in [0, 0.1) is 0 Å². The van der Waals surface area contributed by atoms with Gasteiger partial charge in [-0.3, -0.25) is 4.98 Å². The van der Waals surface area contributed by atoms with Gasteiger partial charge < -0.3 is 9.64 Å². The van der Waals surface area contributed by atoms with Crippen LogP contribution in [0.1, 0.15) is 29.8 Å². The first kappa shape index (κ1) is 18.4. The monoisotopic (exact) mass is 394 g/mol. The quantitative estimate of drug-likeness (QED) is 0.614. The van der Waals surface area contributed by atoms with Crippen molar-refractivity contribution in [3.63, 3.8) is 0 Å². The Morgan fingerprint density at radius 2 is 1.96 bits per heavy atom. The topological polar surface area (TPSA) is 68.2 Å². The van der Waals surface area contributed by atoms with Gasteiger partial charge in [0.25, 0.3) is 0 Å². The van der Waals surface area contributed by atoms with Gasteiger partial charge in [-0.05, 0) is 24.6 Å². The van der Waals surface area contributed by atoms with Crippen molar-refractivity contribution in [1.82, 2.24) is 19.9 Å². The molecule has 1 aliphatic heterocycles. The van der Waals surface area contributed by atoms with E-state index in [0.717, 1.165) is 16.8 Å². The molecule has 0 N–H and O–H groups in total. The Morgan fingerprint density at radius 3 is 2.71 bits per heavy atom. The second kappa shape index (κ2) is 7.94. The third-order valence-corrected chi connectivity index (χ3v) is 5.07. The second-order valence-electron chi connectivity index (χ2n) is 6.57. The van der Waals surface area contributed by atoms with E-state index in [1.54, 1.807) is 11.1 Å². The predicted molar refractivity (Wildman–Crippen MR) is 106 cm³/mol. The van der Waals surface area contributed by atoms with Crippen LogP contribution >= 0.6 is 11.6 Å². The molecule has 4 rings (SSSR count). The lowest BCUT2D eigenvalue weighted by atomic mass is 10.00. The van der Waals surface area contributed by atoms with Crippen LogP contribution in [0.5, 0.6) is 0 Å². The van der Waals surface area contributed by atoms with E-state index in [4.69, 9.17) is 16.3 Å². The normalized spacial score (nSPS) is 15.8. The predicted octanol–water partition coefficient (Wildman–Crippen LogP) is 4.45. The standard InChI is InChI=1S/C21H19ClN4O2/c1-14-18-16(24-20(25-19(18)22)17-9-5-6-11-23-17)10-12-26(14)21(27)28-13-15-7-3-2-4-8-15/h2-9,11,14H,10,12-13H2,1H3. The molecule has 0 saturated heterocycles. The molecule has 7 heteroatoms. The Bertz CT molecular complexity index is 982. The van der Waals surface area contributed by atoms with E-state index in [9.17, 15) is 4.79 Å². The number of aromatic nitrogens is 3. The lowest BCUT2D eigenvalue weighted by molar-refractivity contribution is 0.0799. The van der Waals surface area contributed by atoms with Crippen LogP contribution in [0.15, 0.2) is 54.7 Å². The van der Waals surface area contributed by atoms with Crippen molar-refractivity contribution in [2.75, 3.05) is 6.54 Å². The number of carbonyl (C=O) groups excluding carboxylic acids is 1. The fourth-order valence-corrected chi connectivity index (χ4v) is 3.67. The number of fused-ring (bicyclic) bond motifs is 1. The number of hydrogen-bond acceptors (Lipinski definition) is 5. The van der Waals surface area contributed by atoms with Gasteiger partial charge in [0.05, 0.1) is 11.7 Å². The molecule has 0 fully saturated rings. The zero-order valence-electron chi connectivity index (χ0n) is 15.4. The van der Waals surface area contributed by atoms with Crippen molar-refractivity contribution in [3.8, 4) is 11.5 Å². The van der Waals surface area contributed by atoms with Gasteiger partial charge in [-0.1, -0.05) is 48.0 Å². The first-order valence-corrected chi connectivity index (χ1v) is 9.46. The molecule has 0 radical (unpaired) electrons. The lowest BCUT2D eigenvalue weighted by Gasteiger charge is -2.34. The number of benzene rings is 1. The minimum Gasteiger partial charge on any atom is -0.445 e. The number of ether oxygens (including phenoxy) is 1. The molecule has 0 saturated carbocycles.